The maximum absolute atomic E-state index is 11.8. The molecule has 0 bridgehead atoms. The van der Waals surface area contributed by atoms with Crippen molar-refractivity contribution < 1.29 is 19.1 Å². The van der Waals surface area contributed by atoms with E-state index in [-0.39, 0.29) is 6.61 Å². The van der Waals surface area contributed by atoms with Gasteiger partial charge in [0, 0.05) is 7.05 Å². The van der Waals surface area contributed by atoms with E-state index in [2.05, 4.69) is 10.5 Å². The van der Waals surface area contributed by atoms with Gasteiger partial charge in [-0.15, -0.1) is 0 Å². The molecule has 6 heteroatoms. The number of esters is 1. The Bertz CT molecular complexity index is 538. The van der Waals surface area contributed by atoms with Crippen LogP contribution < -0.4 is 5.48 Å². The van der Waals surface area contributed by atoms with E-state index in [0.717, 1.165) is 5.56 Å². The Balaban J connectivity index is 2.97. The van der Waals surface area contributed by atoms with E-state index in [9.17, 15) is 4.79 Å². The Morgan fingerprint density at radius 1 is 1.33 bits per heavy atom. The lowest BCUT2D eigenvalue weighted by molar-refractivity contribution is -0.133. The third-order valence-corrected chi connectivity index (χ3v) is 2.73. The molecular formula is C15H20N2O4. The van der Waals surface area contributed by atoms with E-state index < -0.39 is 5.97 Å². The van der Waals surface area contributed by atoms with Crippen molar-refractivity contribution >= 4 is 17.4 Å². The zero-order valence-corrected chi connectivity index (χ0v) is 12.7. The lowest BCUT2D eigenvalue weighted by Crippen LogP contribution is -2.20. The van der Waals surface area contributed by atoms with Gasteiger partial charge in [-0.2, -0.15) is 0 Å². The van der Waals surface area contributed by atoms with Crippen LogP contribution >= 0.6 is 0 Å². The number of nitrogens with one attached hydrogen (secondary N) is 1. The van der Waals surface area contributed by atoms with Gasteiger partial charge in [0.1, 0.15) is 18.0 Å². The molecular weight excluding hydrogens is 272 g/mol. The molecule has 0 heterocycles. The quantitative estimate of drug-likeness (QED) is 0.217. The molecule has 0 saturated heterocycles. The molecule has 6 nitrogen and oxygen atoms in total. The van der Waals surface area contributed by atoms with E-state index in [1.165, 1.54) is 20.5 Å². The maximum atomic E-state index is 11.8. The van der Waals surface area contributed by atoms with E-state index in [1.54, 1.807) is 20.0 Å². The van der Waals surface area contributed by atoms with Gasteiger partial charge in [0.15, 0.2) is 0 Å². The Labute approximate surface area is 124 Å². The van der Waals surface area contributed by atoms with Crippen LogP contribution in [0.15, 0.2) is 35.5 Å². The number of rotatable bonds is 6. The Morgan fingerprint density at radius 3 is 2.67 bits per heavy atom. The second-order valence-corrected chi connectivity index (χ2v) is 4.12. The van der Waals surface area contributed by atoms with E-state index in [0.29, 0.717) is 17.0 Å². The SMILES string of the molecule is CN=C(C)NOCc1ccccc1/C(=C\OC)C(=O)OC. The number of hydroxylamine groups is 1. The van der Waals surface area contributed by atoms with Crippen LogP contribution in [0.3, 0.4) is 0 Å². The molecule has 0 fully saturated rings. The number of methoxy groups -OCH3 is 2. The summed E-state index contributed by atoms with van der Waals surface area (Å²) in [7, 11) is 4.47. The van der Waals surface area contributed by atoms with Crippen molar-refractivity contribution in [3.63, 3.8) is 0 Å². The second kappa shape index (κ2) is 8.76. The topological polar surface area (TPSA) is 69.2 Å². The predicted octanol–water partition coefficient (Wildman–Crippen LogP) is 1.92. The maximum Gasteiger partial charge on any atom is 0.341 e. The van der Waals surface area contributed by atoms with Crippen LogP contribution in [0.5, 0.6) is 0 Å². The van der Waals surface area contributed by atoms with Crippen LogP contribution in [0.4, 0.5) is 0 Å². The van der Waals surface area contributed by atoms with Gasteiger partial charge in [-0.3, -0.25) is 15.3 Å². The number of aliphatic imine (C=N–C) groups is 1. The van der Waals surface area contributed by atoms with Crippen molar-refractivity contribution in [1.82, 2.24) is 5.48 Å². The molecule has 0 radical (unpaired) electrons. The molecule has 0 spiro atoms. The van der Waals surface area contributed by atoms with E-state index in [4.69, 9.17) is 14.3 Å². The Hall–Kier alpha value is -2.34. The lowest BCUT2D eigenvalue weighted by atomic mass is 10.0. The summed E-state index contributed by atoms with van der Waals surface area (Å²) < 4.78 is 9.73. The van der Waals surface area contributed by atoms with Crippen LogP contribution in [-0.4, -0.2) is 33.1 Å². The van der Waals surface area contributed by atoms with Gasteiger partial charge in [-0.25, -0.2) is 4.79 Å². The molecule has 1 N–H and O–H groups in total. The summed E-state index contributed by atoms with van der Waals surface area (Å²) in [6.45, 7) is 2.05. The van der Waals surface area contributed by atoms with Gasteiger partial charge >= 0.3 is 5.97 Å². The third-order valence-electron chi connectivity index (χ3n) is 2.73. The van der Waals surface area contributed by atoms with Crippen molar-refractivity contribution in [3.05, 3.63) is 41.7 Å². The van der Waals surface area contributed by atoms with Gasteiger partial charge in [0.25, 0.3) is 0 Å². The molecule has 0 amide bonds. The van der Waals surface area contributed by atoms with Crippen LogP contribution in [0, 0.1) is 0 Å². The molecule has 1 aromatic carbocycles. The summed E-state index contributed by atoms with van der Waals surface area (Å²) in [6.07, 6.45) is 1.36. The molecule has 0 aliphatic carbocycles. The minimum Gasteiger partial charge on any atom is -0.503 e. The van der Waals surface area contributed by atoms with Crippen LogP contribution in [-0.2, 0) is 25.7 Å². The minimum atomic E-state index is -0.469. The first-order chi connectivity index (χ1) is 10.1. The molecule has 0 atom stereocenters. The zero-order chi connectivity index (χ0) is 15.7. The summed E-state index contributed by atoms with van der Waals surface area (Å²) >= 11 is 0. The van der Waals surface area contributed by atoms with Gasteiger partial charge in [-0.05, 0) is 18.1 Å². The van der Waals surface area contributed by atoms with Gasteiger partial charge in [-0.1, -0.05) is 24.3 Å². The summed E-state index contributed by atoms with van der Waals surface area (Å²) in [5.74, 6) is 0.191. The van der Waals surface area contributed by atoms with E-state index in [1.807, 2.05) is 18.2 Å². The largest absolute Gasteiger partial charge is 0.503 e. The summed E-state index contributed by atoms with van der Waals surface area (Å²) in [6, 6.07) is 7.37. The molecule has 0 aliphatic heterocycles. The standard InChI is InChI=1S/C15H20N2O4/c1-11(16-2)17-21-9-12-7-5-6-8-13(12)14(10-19-3)15(18)20-4/h5-8,10H,9H2,1-4H3,(H,16,17)/b14-10+. The molecule has 114 valence electrons. The smallest absolute Gasteiger partial charge is 0.341 e. The molecule has 1 rings (SSSR count). The highest BCUT2D eigenvalue weighted by molar-refractivity contribution is 6.16. The highest BCUT2D eigenvalue weighted by Gasteiger charge is 2.16. The zero-order valence-electron chi connectivity index (χ0n) is 12.7. The molecule has 0 saturated carbocycles. The first-order valence-corrected chi connectivity index (χ1v) is 6.34. The monoisotopic (exact) mass is 292 g/mol. The predicted molar refractivity (Wildman–Crippen MR) is 80.4 cm³/mol. The Morgan fingerprint density at radius 2 is 2.05 bits per heavy atom. The average Bonchev–Trinajstić information content (AvgIpc) is 2.52. The molecule has 0 unspecified atom stereocenters. The number of amidine groups is 1. The highest BCUT2D eigenvalue weighted by Crippen LogP contribution is 2.21. The Kier molecular flexibility index (Phi) is 6.97. The first-order valence-electron chi connectivity index (χ1n) is 6.34. The number of nitrogens with zero attached hydrogens (tertiary/aromatic N) is 1. The highest BCUT2D eigenvalue weighted by atomic mass is 16.6. The first kappa shape index (κ1) is 16.7. The number of ether oxygens (including phenoxy) is 2. The number of carbonyl (C=O) groups excluding carboxylic acids is 1. The fourth-order valence-electron chi connectivity index (χ4n) is 1.62. The summed E-state index contributed by atoms with van der Waals surface area (Å²) in [5.41, 5.74) is 4.55. The normalized spacial score (nSPS) is 12.0. The van der Waals surface area contributed by atoms with Gasteiger partial charge < -0.3 is 9.47 Å². The summed E-state index contributed by atoms with van der Waals surface area (Å²) in [4.78, 5) is 21.1. The second-order valence-electron chi connectivity index (χ2n) is 4.12. The van der Waals surface area contributed by atoms with Gasteiger partial charge in [0.05, 0.1) is 20.5 Å². The fraction of sp³-hybridized carbons (Fsp3) is 0.333. The number of hydrogen-bond donors (Lipinski definition) is 1. The van der Waals surface area contributed by atoms with Crippen molar-refractivity contribution in [2.24, 2.45) is 4.99 Å². The summed E-state index contributed by atoms with van der Waals surface area (Å²) in [5, 5.41) is 0. The van der Waals surface area contributed by atoms with Crippen LogP contribution in [0.1, 0.15) is 18.1 Å². The molecule has 1 aromatic rings. The molecule has 0 aliphatic rings. The van der Waals surface area contributed by atoms with Gasteiger partial charge in [0.2, 0.25) is 0 Å². The fourth-order valence-corrected chi connectivity index (χ4v) is 1.62. The van der Waals surface area contributed by atoms with Crippen molar-refractivity contribution in [2.45, 2.75) is 13.5 Å². The van der Waals surface area contributed by atoms with Crippen molar-refractivity contribution in [1.29, 1.82) is 0 Å². The van der Waals surface area contributed by atoms with Crippen LogP contribution in [0.25, 0.3) is 5.57 Å². The van der Waals surface area contributed by atoms with E-state index >= 15 is 0 Å². The van der Waals surface area contributed by atoms with Crippen LogP contribution in [0.2, 0.25) is 0 Å². The number of hydrogen-bond acceptors (Lipinski definition) is 5. The lowest BCUT2D eigenvalue weighted by Gasteiger charge is -2.12. The number of carbonyl (C=O) groups is 1. The average molecular weight is 292 g/mol. The number of benzene rings is 1. The third kappa shape index (κ3) is 4.92. The molecule has 0 aromatic heterocycles. The van der Waals surface area contributed by atoms with Crippen molar-refractivity contribution in [3.8, 4) is 0 Å². The minimum absolute atomic E-state index is 0.265. The van der Waals surface area contributed by atoms with Crippen molar-refractivity contribution in [2.75, 3.05) is 21.3 Å². The molecule has 21 heavy (non-hydrogen) atoms.